The fourth-order valence-corrected chi connectivity index (χ4v) is 1.80. The minimum Gasteiger partial charge on any atom is -0.453 e. The molecule has 0 radical (unpaired) electrons. The summed E-state index contributed by atoms with van der Waals surface area (Å²) in [7, 11) is 0. The Morgan fingerprint density at radius 3 is 2.78 bits per heavy atom. The Hall–Kier alpha value is -2.56. The standard InChI is InChI=1S/C13H11N3O2/c1-8-15-11-10(7-14-12(11)13(17)16-8)18-9-5-3-2-4-6-9/h2-7,14H,1H3,(H,15,16,17). The Bertz CT molecular complexity index is 744. The number of hydrogen-bond donors (Lipinski definition) is 2. The maximum absolute atomic E-state index is 11.7. The van der Waals surface area contributed by atoms with E-state index in [9.17, 15) is 4.79 Å². The molecule has 18 heavy (non-hydrogen) atoms. The van der Waals surface area contributed by atoms with Crippen molar-refractivity contribution in [2.24, 2.45) is 0 Å². The molecule has 0 aliphatic rings. The van der Waals surface area contributed by atoms with Crippen LogP contribution in [0.2, 0.25) is 0 Å². The second kappa shape index (κ2) is 4.03. The lowest BCUT2D eigenvalue weighted by atomic mass is 10.3. The molecule has 0 unspecified atom stereocenters. The van der Waals surface area contributed by atoms with Gasteiger partial charge in [0.25, 0.3) is 5.56 Å². The molecule has 2 N–H and O–H groups in total. The highest BCUT2D eigenvalue weighted by Gasteiger charge is 2.10. The first kappa shape index (κ1) is 10.6. The summed E-state index contributed by atoms with van der Waals surface area (Å²) in [6.45, 7) is 1.74. The van der Waals surface area contributed by atoms with Crippen LogP contribution < -0.4 is 10.3 Å². The van der Waals surface area contributed by atoms with Gasteiger partial charge in [-0.1, -0.05) is 18.2 Å². The van der Waals surface area contributed by atoms with Crippen molar-refractivity contribution < 1.29 is 4.74 Å². The quantitative estimate of drug-likeness (QED) is 0.723. The van der Waals surface area contributed by atoms with Crippen LogP contribution in [0.15, 0.2) is 41.3 Å². The topological polar surface area (TPSA) is 70.8 Å². The van der Waals surface area contributed by atoms with Crippen LogP contribution in [0.3, 0.4) is 0 Å². The van der Waals surface area contributed by atoms with E-state index < -0.39 is 0 Å². The molecule has 0 bridgehead atoms. The highest BCUT2D eigenvalue weighted by Crippen LogP contribution is 2.26. The Morgan fingerprint density at radius 2 is 2.00 bits per heavy atom. The molecular formula is C13H11N3O2. The number of H-pyrrole nitrogens is 2. The van der Waals surface area contributed by atoms with E-state index in [0.717, 1.165) is 0 Å². The van der Waals surface area contributed by atoms with Crippen molar-refractivity contribution in [3.8, 4) is 11.5 Å². The summed E-state index contributed by atoms with van der Waals surface area (Å²) in [5.74, 6) is 1.81. The van der Waals surface area contributed by atoms with Crippen LogP contribution >= 0.6 is 0 Å². The Morgan fingerprint density at radius 1 is 1.22 bits per heavy atom. The van der Waals surface area contributed by atoms with Gasteiger partial charge in [-0.2, -0.15) is 0 Å². The maximum Gasteiger partial charge on any atom is 0.275 e. The maximum atomic E-state index is 11.7. The van der Waals surface area contributed by atoms with E-state index in [1.807, 2.05) is 30.3 Å². The van der Waals surface area contributed by atoms with E-state index in [4.69, 9.17) is 4.74 Å². The molecule has 90 valence electrons. The average molecular weight is 241 g/mol. The molecular weight excluding hydrogens is 230 g/mol. The number of rotatable bonds is 2. The molecule has 3 aromatic rings. The summed E-state index contributed by atoms with van der Waals surface area (Å²) in [6, 6.07) is 9.37. The SMILES string of the molecule is Cc1nc2c(Oc3ccccc3)c[nH]c2c(=O)[nH]1. The number of para-hydroxylation sites is 1. The predicted octanol–water partition coefficient (Wildman–Crippen LogP) is 2.35. The van der Waals surface area contributed by atoms with E-state index in [-0.39, 0.29) is 5.56 Å². The van der Waals surface area contributed by atoms with Gasteiger partial charge >= 0.3 is 0 Å². The van der Waals surface area contributed by atoms with Crippen molar-refractivity contribution in [1.82, 2.24) is 15.0 Å². The van der Waals surface area contributed by atoms with Gasteiger partial charge in [-0.25, -0.2) is 4.98 Å². The molecule has 3 rings (SSSR count). The number of fused-ring (bicyclic) bond motifs is 1. The second-order valence-corrected chi connectivity index (χ2v) is 3.94. The van der Waals surface area contributed by atoms with Gasteiger partial charge in [0, 0.05) is 6.20 Å². The zero-order valence-electron chi connectivity index (χ0n) is 9.73. The number of nitrogens with one attached hydrogen (secondary N) is 2. The zero-order valence-corrected chi connectivity index (χ0v) is 9.73. The second-order valence-electron chi connectivity index (χ2n) is 3.94. The van der Waals surface area contributed by atoms with Gasteiger partial charge in [0.05, 0.1) is 0 Å². The number of aromatic nitrogens is 3. The smallest absolute Gasteiger partial charge is 0.275 e. The number of hydrogen-bond acceptors (Lipinski definition) is 3. The Kier molecular flexibility index (Phi) is 2.37. The minimum absolute atomic E-state index is 0.194. The number of benzene rings is 1. The first-order chi connectivity index (χ1) is 8.74. The number of aromatic amines is 2. The van der Waals surface area contributed by atoms with Crippen LogP contribution in [0, 0.1) is 6.92 Å². The average Bonchev–Trinajstić information content (AvgIpc) is 2.74. The third-order valence-corrected chi connectivity index (χ3v) is 2.59. The molecule has 0 atom stereocenters. The van der Waals surface area contributed by atoms with Crippen molar-refractivity contribution in [1.29, 1.82) is 0 Å². The monoisotopic (exact) mass is 241 g/mol. The number of aryl methyl sites for hydroxylation is 1. The third kappa shape index (κ3) is 1.75. The van der Waals surface area contributed by atoms with Crippen LogP contribution in [0.1, 0.15) is 5.82 Å². The van der Waals surface area contributed by atoms with Gasteiger partial charge in [-0.15, -0.1) is 0 Å². The van der Waals surface area contributed by atoms with Crippen LogP contribution in [0.5, 0.6) is 11.5 Å². The lowest BCUT2D eigenvalue weighted by molar-refractivity contribution is 0.487. The van der Waals surface area contributed by atoms with Gasteiger partial charge in [0.2, 0.25) is 0 Å². The Balaban J connectivity index is 2.11. The van der Waals surface area contributed by atoms with Gasteiger partial charge in [0.15, 0.2) is 5.75 Å². The highest BCUT2D eigenvalue weighted by molar-refractivity contribution is 5.81. The van der Waals surface area contributed by atoms with Gasteiger partial charge < -0.3 is 14.7 Å². The lowest BCUT2D eigenvalue weighted by Gasteiger charge is -2.02. The first-order valence-corrected chi connectivity index (χ1v) is 5.55. The minimum atomic E-state index is -0.194. The van der Waals surface area contributed by atoms with Crippen LogP contribution in [-0.4, -0.2) is 15.0 Å². The summed E-state index contributed by atoms with van der Waals surface area (Å²) in [5, 5.41) is 0. The van der Waals surface area contributed by atoms with E-state index in [0.29, 0.717) is 28.4 Å². The summed E-state index contributed by atoms with van der Waals surface area (Å²) < 4.78 is 5.70. The molecule has 5 nitrogen and oxygen atoms in total. The summed E-state index contributed by atoms with van der Waals surface area (Å²) in [5.41, 5.74) is 0.770. The molecule has 5 heteroatoms. The van der Waals surface area contributed by atoms with Crippen LogP contribution in [0.25, 0.3) is 11.0 Å². The number of nitrogens with zero attached hydrogens (tertiary/aromatic N) is 1. The zero-order chi connectivity index (χ0) is 12.5. The van der Waals surface area contributed by atoms with Crippen molar-refractivity contribution in [2.75, 3.05) is 0 Å². The van der Waals surface area contributed by atoms with Crippen molar-refractivity contribution in [3.63, 3.8) is 0 Å². The van der Waals surface area contributed by atoms with E-state index in [1.54, 1.807) is 13.1 Å². The largest absolute Gasteiger partial charge is 0.453 e. The normalized spacial score (nSPS) is 10.7. The van der Waals surface area contributed by atoms with Crippen molar-refractivity contribution in [3.05, 3.63) is 52.7 Å². The molecule has 0 saturated carbocycles. The lowest BCUT2D eigenvalue weighted by Crippen LogP contribution is -2.09. The molecule has 0 amide bonds. The molecule has 1 aromatic carbocycles. The fraction of sp³-hybridized carbons (Fsp3) is 0.0769. The molecule has 0 fully saturated rings. The van der Waals surface area contributed by atoms with Gasteiger partial charge in [0.1, 0.15) is 22.6 Å². The van der Waals surface area contributed by atoms with E-state index in [2.05, 4.69) is 15.0 Å². The van der Waals surface area contributed by atoms with Crippen molar-refractivity contribution in [2.45, 2.75) is 6.92 Å². The predicted molar refractivity (Wildman–Crippen MR) is 68.0 cm³/mol. The highest BCUT2D eigenvalue weighted by atomic mass is 16.5. The molecule has 2 aromatic heterocycles. The van der Waals surface area contributed by atoms with Gasteiger partial charge in [-0.3, -0.25) is 4.79 Å². The first-order valence-electron chi connectivity index (χ1n) is 5.55. The van der Waals surface area contributed by atoms with E-state index >= 15 is 0 Å². The fourth-order valence-electron chi connectivity index (χ4n) is 1.80. The molecule has 0 spiro atoms. The number of ether oxygens (including phenoxy) is 1. The Labute approximate surface area is 102 Å². The molecule has 0 aliphatic carbocycles. The molecule has 2 heterocycles. The third-order valence-electron chi connectivity index (χ3n) is 2.59. The van der Waals surface area contributed by atoms with E-state index in [1.165, 1.54) is 0 Å². The molecule has 0 saturated heterocycles. The summed E-state index contributed by atoms with van der Waals surface area (Å²) in [4.78, 5) is 21.5. The van der Waals surface area contributed by atoms with Gasteiger partial charge in [-0.05, 0) is 19.1 Å². The van der Waals surface area contributed by atoms with Crippen LogP contribution in [0.4, 0.5) is 0 Å². The summed E-state index contributed by atoms with van der Waals surface area (Å²) >= 11 is 0. The van der Waals surface area contributed by atoms with Crippen molar-refractivity contribution >= 4 is 11.0 Å². The molecule has 0 aliphatic heterocycles. The van der Waals surface area contributed by atoms with Crippen LogP contribution in [-0.2, 0) is 0 Å². The summed E-state index contributed by atoms with van der Waals surface area (Å²) in [6.07, 6.45) is 1.64.